The molecule has 0 spiro atoms. The lowest BCUT2D eigenvalue weighted by atomic mass is 10.1. The summed E-state index contributed by atoms with van der Waals surface area (Å²) in [6.45, 7) is 1.36. The van der Waals surface area contributed by atoms with Gasteiger partial charge in [0.25, 0.3) is 0 Å². The summed E-state index contributed by atoms with van der Waals surface area (Å²) in [5.74, 6) is 1.20. The quantitative estimate of drug-likeness (QED) is 0.609. The van der Waals surface area contributed by atoms with E-state index >= 15 is 0 Å². The van der Waals surface area contributed by atoms with Crippen molar-refractivity contribution in [1.29, 1.82) is 0 Å². The van der Waals surface area contributed by atoms with Gasteiger partial charge in [-0.05, 0) is 6.42 Å². The third-order valence-electron chi connectivity index (χ3n) is 2.21. The van der Waals surface area contributed by atoms with Gasteiger partial charge >= 0.3 is 0 Å². The lowest BCUT2D eigenvalue weighted by Gasteiger charge is -2.22. The van der Waals surface area contributed by atoms with E-state index in [0.29, 0.717) is 12.6 Å². The molecule has 4 heteroatoms. The van der Waals surface area contributed by atoms with Gasteiger partial charge in [-0.2, -0.15) is 0 Å². The van der Waals surface area contributed by atoms with Crippen LogP contribution in [0.15, 0.2) is 0 Å². The topological polar surface area (TPSA) is 32.3 Å². The third-order valence-corrected chi connectivity index (χ3v) is 3.83. The maximum atomic E-state index is 8.98. The molecule has 0 aromatic rings. The second kappa shape index (κ2) is 2.89. The highest BCUT2D eigenvalue weighted by molar-refractivity contribution is 8.01. The van der Waals surface area contributed by atoms with E-state index in [-0.39, 0.29) is 17.2 Å². The Morgan fingerprint density at radius 2 is 2.50 bits per heavy atom. The second-order valence-corrected chi connectivity index (χ2v) is 4.42. The van der Waals surface area contributed by atoms with Gasteiger partial charge in [0.05, 0.1) is 11.4 Å². The number of rotatable bonds is 1. The minimum atomic E-state index is 0. The summed E-state index contributed by atoms with van der Waals surface area (Å²) < 4.78 is 0.213. The van der Waals surface area contributed by atoms with Crippen molar-refractivity contribution in [3.63, 3.8) is 0 Å². The Morgan fingerprint density at radius 3 is 2.70 bits per heavy atom. The molecule has 2 aliphatic heterocycles. The number of halogens is 1. The first-order valence-corrected chi connectivity index (χ1v) is 4.31. The van der Waals surface area contributed by atoms with Gasteiger partial charge in [-0.25, -0.2) is 0 Å². The minimum absolute atomic E-state index is 0. The molecule has 2 unspecified atom stereocenters. The zero-order valence-corrected chi connectivity index (χ0v) is 7.30. The Kier molecular flexibility index (Phi) is 2.50. The summed E-state index contributed by atoms with van der Waals surface area (Å²) in [4.78, 5) is 0. The zero-order valence-electron chi connectivity index (χ0n) is 5.67. The summed E-state index contributed by atoms with van der Waals surface area (Å²) in [6.07, 6.45) is 1.17. The standard InChI is InChI=1S/C6H11NOS.ClH/c8-4-6-1-5(2-9-6)7-3-6;/h5,7-8H,1-4H2;1H. The fourth-order valence-corrected chi connectivity index (χ4v) is 2.98. The van der Waals surface area contributed by atoms with E-state index in [9.17, 15) is 0 Å². The summed E-state index contributed by atoms with van der Waals surface area (Å²) in [5, 5.41) is 12.3. The maximum Gasteiger partial charge on any atom is 0.0591 e. The molecule has 2 aliphatic rings. The van der Waals surface area contributed by atoms with Crippen LogP contribution in [0.25, 0.3) is 0 Å². The molecule has 60 valence electrons. The number of thioether (sulfide) groups is 1. The summed E-state index contributed by atoms with van der Waals surface area (Å²) >= 11 is 1.93. The Bertz CT molecular complexity index is 125. The van der Waals surface area contributed by atoms with Gasteiger partial charge in [-0.3, -0.25) is 0 Å². The van der Waals surface area contributed by atoms with E-state index in [1.54, 1.807) is 0 Å². The van der Waals surface area contributed by atoms with E-state index in [4.69, 9.17) is 5.11 Å². The van der Waals surface area contributed by atoms with Gasteiger partial charge < -0.3 is 10.4 Å². The van der Waals surface area contributed by atoms with Crippen molar-refractivity contribution in [3.8, 4) is 0 Å². The third kappa shape index (κ3) is 1.16. The first-order valence-electron chi connectivity index (χ1n) is 3.33. The van der Waals surface area contributed by atoms with Crippen LogP contribution in [0.1, 0.15) is 6.42 Å². The first-order chi connectivity index (χ1) is 4.35. The van der Waals surface area contributed by atoms with Crippen LogP contribution in [-0.2, 0) is 0 Å². The molecule has 2 bridgehead atoms. The Labute approximate surface area is 71.2 Å². The molecule has 0 radical (unpaired) electrons. The van der Waals surface area contributed by atoms with Crippen LogP contribution in [0, 0.1) is 0 Å². The van der Waals surface area contributed by atoms with Gasteiger partial charge in [0.1, 0.15) is 0 Å². The summed E-state index contributed by atoms with van der Waals surface area (Å²) in [6, 6.07) is 0.696. The number of fused-ring (bicyclic) bond motifs is 2. The Morgan fingerprint density at radius 1 is 1.70 bits per heavy atom. The molecular formula is C6H12ClNOS. The van der Waals surface area contributed by atoms with Gasteiger partial charge in [0.2, 0.25) is 0 Å². The Hall–Kier alpha value is 0.560. The number of aliphatic hydroxyl groups excluding tert-OH is 1. The highest BCUT2D eigenvalue weighted by Gasteiger charge is 2.44. The predicted octanol–water partition coefficient (Wildman–Crippen LogP) is 0.248. The van der Waals surface area contributed by atoms with Gasteiger partial charge in [0.15, 0.2) is 0 Å². The van der Waals surface area contributed by atoms with Crippen LogP contribution in [0.4, 0.5) is 0 Å². The first kappa shape index (κ1) is 8.65. The van der Waals surface area contributed by atoms with Crippen molar-refractivity contribution in [2.24, 2.45) is 0 Å². The van der Waals surface area contributed by atoms with Crippen LogP contribution in [0.5, 0.6) is 0 Å². The van der Waals surface area contributed by atoms with E-state index in [2.05, 4.69) is 5.32 Å². The van der Waals surface area contributed by atoms with Crippen molar-refractivity contribution in [2.45, 2.75) is 17.2 Å². The zero-order chi connectivity index (χ0) is 6.32. The predicted molar refractivity (Wildman–Crippen MR) is 45.9 cm³/mol. The maximum absolute atomic E-state index is 8.98. The second-order valence-electron chi connectivity index (χ2n) is 2.93. The van der Waals surface area contributed by atoms with E-state index in [1.807, 2.05) is 11.8 Å². The molecule has 2 fully saturated rings. The molecule has 2 nitrogen and oxygen atoms in total. The van der Waals surface area contributed by atoms with Gasteiger partial charge in [0, 0.05) is 18.3 Å². The number of hydrogen-bond donors (Lipinski definition) is 2. The van der Waals surface area contributed by atoms with Crippen molar-refractivity contribution in [2.75, 3.05) is 18.9 Å². The van der Waals surface area contributed by atoms with Crippen LogP contribution in [0.2, 0.25) is 0 Å². The molecule has 2 N–H and O–H groups in total. The average Bonchev–Trinajstić information content (AvgIpc) is 2.46. The van der Waals surface area contributed by atoms with Crippen LogP contribution in [0.3, 0.4) is 0 Å². The fraction of sp³-hybridized carbons (Fsp3) is 1.00. The normalized spacial score (nSPS) is 43.5. The van der Waals surface area contributed by atoms with Crippen LogP contribution >= 0.6 is 24.2 Å². The molecule has 2 saturated heterocycles. The van der Waals surface area contributed by atoms with Crippen molar-refractivity contribution in [3.05, 3.63) is 0 Å². The minimum Gasteiger partial charge on any atom is -0.395 e. The summed E-state index contributed by atoms with van der Waals surface area (Å²) in [7, 11) is 0. The molecular weight excluding hydrogens is 170 g/mol. The Balaban J connectivity index is 0.000000500. The number of hydrogen-bond acceptors (Lipinski definition) is 3. The smallest absolute Gasteiger partial charge is 0.0591 e. The molecule has 0 aromatic heterocycles. The van der Waals surface area contributed by atoms with Gasteiger partial charge in [-0.1, -0.05) is 0 Å². The molecule has 0 amide bonds. The number of aliphatic hydroxyl groups is 1. The lowest BCUT2D eigenvalue weighted by Crippen LogP contribution is -2.35. The highest BCUT2D eigenvalue weighted by atomic mass is 35.5. The average molecular weight is 182 g/mol. The van der Waals surface area contributed by atoms with Crippen molar-refractivity contribution < 1.29 is 5.11 Å². The number of nitrogens with one attached hydrogen (secondary N) is 1. The molecule has 0 saturated carbocycles. The molecule has 0 aromatic carbocycles. The van der Waals surface area contributed by atoms with E-state index in [1.165, 1.54) is 12.2 Å². The molecule has 2 heterocycles. The highest BCUT2D eigenvalue weighted by Crippen LogP contribution is 2.41. The fourth-order valence-electron chi connectivity index (χ4n) is 1.60. The van der Waals surface area contributed by atoms with Crippen molar-refractivity contribution in [1.82, 2.24) is 5.32 Å². The molecule has 10 heavy (non-hydrogen) atoms. The van der Waals surface area contributed by atoms with E-state index < -0.39 is 0 Å². The van der Waals surface area contributed by atoms with Gasteiger partial charge in [-0.15, -0.1) is 24.2 Å². The monoisotopic (exact) mass is 181 g/mol. The lowest BCUT2D eigenvalue weighted by molar-refractivity contribution is 0.257. The molecule has 0 aliphatic carbocycles. The van der Waals surface area contributed by atoms with Crippen LogP contribution < -0.4 is 5.32 Å². The molecule has 2 atom stereocenters. The van der Waals surface area contributed by atoms with E-state index in [0.717, 1.165) is 6.54 Å². The summed E-state index contributed by atoms with van der Waals surface area (Å²) in [5.41, 5.74) is 0. The SMILES string of the molecule is Cl.OCC12CNC(CS1)C2. The largest absolute Gasteiger partial charge is 0.395 e. The molecule has 2 rings (SSSR count). The van der Waals surface area contributed by atoms with Crippen molar-refractivity contribution >= 4 is 24.2 Å². The van der Waals surface area contributed by atoms with Crippen LogP contribution in [-0.4, -0.2) is 34.8 Å².